The first-order valence-electron chi connectivity index (χ1n) is 8.48. The maximum atomic E-state index is 13.1. The van der Waals surface area contributed by atoms with Gasteiger partial charge in [0.05, 0.1) is 12.0 Å². The van der Waals surface area contributed by atoms with Gasteiger partial charge in [0, 0.05) is 44.4 Å². The Kier molecular flexibility index (Phi) is 5.74. The molecule has 144 valence electrons. The van der Waals surface area contributed by atoms with Gasteiger partial charge in [-0.1, -0.05) is 23.7 Å². The summed E-state index contributed by atoms with van der Waals surface area (Å²) in [5.41, 5.74) is 0.261. The Balaban J connectivity index is 1.59. The number of carbonyl (C=O) groups excluding carboxylic acids is 2. The second kappa shape index (κ2) is 8.04. The third kappa shape index (κ3) is 4.44. The van der Waals surface area contributed by atoms with E-state index in [0.717, 1.165) is 5.56 Å². The molecule has 1 saturated heterocycles. The van der Waals surface area contributed by atoms with Crippen molar-refractivity contribution in [2.24, 2.45) is 7.05 Å². The van der Waals surface area contributed by atoms with Gasteiger partial charge in [0.1, 0.15) is 5.69 Å². The van der Waals surface area contributed by atoms with Crippen LogP contribution in [-0.4, -0.2) is 57.6 Å². The van der Waals surface area contributed by atoms with Gasteiger partial charge in [-0.3, -0.25) is 14.3 Å². The molecule has 0 aliphatic carbocycles. The smallest absolute Gasteiger partial charge is 0.282 e. The maximum Gasteiger partial charge on any atom is 0.282 e. The molecule has 6 nitrogen and oxygen atoms in total. The molecule has 1 aromatic carbocycles. The number of carbonyl (C=O) groups is 2. The van der Waals surface area contributed by atoms with E-state index in [-0.39, 0.29) is 17.9 Å². The van der Waals surface area contributed by atoms with Gasteiger partial charge in [-0.25, -0.2) is 8.78 Å². The Morgan fingerprint density at radius 3 is 2.30 bits per heavy atom. The summed E-state index contributed by atoms with van der Waals surface area (Å²) in [6, 6.07) is 7.06. The van der Waals surface area contributed by atoms with Gasteiger partial charge in [0.25, 0.3) is 12.3 Å². The topological polar surface area (TPSA) is 58.4 Å². The highest BCUT2D eigenvalue weighted by molar-refractivity contribution is 6.30. The fourth-order valence-electron chi connectivity index (χ4n) is 3.05. The molecule has 0 unspecified atom stereocenters. The van der Waals surface area contributed by atoms with Crippen molar-refractivity contribution in [3.05, 3.63) is 52.3 Å². The van der Waals surface area contributed by atoms with Crippen LogP contribution in [0.5, 0.6) is 0 Å². The van der Waals surface area contributed by atoms with Crippen LogP contribution in [0.4, 0.5) is 8.78 Å². The van der Waals surface area contributed by atoms with Crippen LogP contribution < -0.4 is 0 Å². The minimum atomic E-state index is -2.81. The Hall–Kier alpha value is -2.48. The van der Waals surface area contributed by atoms with Crippen molar-refractivity contribution < 1.29 is 18.4 Å². The molecule has 0 N–H and O–H groups in total. The molecule has 2 aromatic rings. The van der Waals surface area contributed by atoms with Crippen molar-refractivity contribution in [1.82, 2.24) is 19.6 Å². The lowest BCUT2D eigenvalue weighted by molar-refractivity contribution is -0.131. The zero-order chi connectivity index (χ0) is 19.6. The highest BCUT2D eigenvalue weighted by atomic mass is 35.5. The first kappa shape index (κ1) is 19.3. The number of benzene rings is 1. The molecule has 0 radical (unpaired) electrons. The summed E-state index contributed by atoms with van der Waals surface area (Å²) < 4.78 is 27.3. The molecule has 9 heteroatoms. The van der Waals surface area contributed by atoms with Crippen LogP contribution >= 0.6 is 11.6 Å². The Bertz CT molecular complexity index is 830. The van der Waals surface area contributed by atoms with E-state index in [4.69, 9.17) is 11.6 Å². The number of nitrogens with zero attached hydrogens (tertiary/aromatic N) is 4. The lowest BCUT2D eigenvalue weighted by Gasteiger charge is -2.34. The number of halogens is 3. The SMILES string of the molecule is Cn1cc(C(=O)N2CCN(C(=O)Cc3ccc(Cl)cc3)CC2)c(C(F)F)n1. The standard InChI is InChI=1S/C18H19ClF2N4O2/c1-23-11-14(16(22-23)17(20)21)18(27)25-8-6-24(7-9-25)15(26)10-12-2-4-13(19)5-3-12/h2-5,11,17H,6-10H2,1H3. The van der Waals surface area contributed by atoms with Crippen LogP contribution in [0.1, 0.15) is 28.0 Å². The van der Waals surface area contributed by atoms with Crippen LogP contribution in [0.2, 0.25) is 5.02 Å². The average Bonchev–Trinajstić information content (AvgIpc) is 3.05. The number of rotatable bonds is 4. The second-order valence-electron chi connectivity index (χ2n) is 6.38. The molecule has 3 rings (SSSR count). The van der Waals surface area contributed by atoms with E-state index >= 15 is 0 Å². The van der Waals surface area contributed by atoms with Crippen molar-refractivity contribution in [3.8, 4) is 0 Å². The number of piperazine rings is 1. The molecule has 1 fully saturated rings. The van der Waals surface area contributed by atoms with Gasteiger partial charge in [0.2, 0.25) is 5.91 Å². The van der Waals surface area contributed by atoms with E-state index < -0.39 is 18.0 Å². The van der Waals surface area contributed by atoms with E-state index in [9.17, 15) is 18.4 Å². The summed E-state index contributed by atoms with van der Waals surface area (Å²) in [5.74, 6) is -0.526. The van der Waals surface area contributed by atoms with Crippen LogP contribution in [0.25, 0.3) is 0 Å². The Morgan fingerprint density at radius 2 is 1.70 bits per heavy atom. The lowest BCUT2D eigenvalue weighted by Crippen LogP contribution is -2.51. The summed E-state index contributed by atoms with van der Waals surface area (Å²) in [4.78, 5) is 28.1. The van der Waals surface area contributed by atoms with Crippen LogP contribution in [0.15, 0.2) is 30.5 Å². The summed E-state index contributed by atoms with van der Waals surface area (Å²) in [7, 11) is 1.50. The summed E-state index contributed by atoms with van der Waals surface area (Å²) >= 11 is 5.84. The van der Waals surface area contributed by atoms with Crippen LogP contribution in [0.3, 0.4) is 0 Å². The minimum Gasteiger partial charge on any atom is -0.339 e. The third-order valence-electron chi connectivity index (χ3n) is 4.48. The summed E-state index contributed by atoms with van der Waals surface area (Å²) in [6.07, 6.45) is -1.25. The highest BCUT2D eigenvalue weighted by Crippen LogP contribution is 2.22. The van der Waals surface area contributed by atoms with E-state index in [1.165, 1.54) is 22.8 Å². The molecule has 1 aliphatic rings. The predicted molar refractivity (Wildman–Crippen MR) is 95.8 cm³/mol. The molecule has 0 spiro atoms. The molecule has 2 amide bonds. The van der Waals surface area contributed by atoms with E-state index in [0.29, 0.717) is 31.2 Å². The summed E-state index contributed by atoms with van der Waals surface area (Å²) in [6.45, 7) is 1.32. The summed E-state index contributed by atoms with van der Waals surface area (Å²) in [5, 5.41) is 4.28. The number of aryl methyl sites for hydroxylation is 1. The second-order valence-corrected chi connectivity index (χ2v) is 6.82. The molecular weight excluding hydrogens is 378 g/mol. The molecule has 0 saturated carbocycles. The monoisotopic (exact) mass is 396 g/mol. The highest BCUT2D eigenvalue weighted by Gasteiger charge is 2.29. The number of aromatic nitrogens is 2. The first-order valence-corrected chi connectivity index (χ1v) is 8.86. The van der Waals surface area contributed by atoms with Crippen molar-refractivity contribution in [2.75, 3.05) is 26.2 Å². The molecule has 27 heavy (non-hydrogen) atoms. The van der Waals surface area contributed by atoms with Gasteiger partial charge in [-0.05, 0) is 17.7 Å². The minimum absolute atomic E-state index is 0.0425. The normalized spacial score (nSPS) is 14.7. The van der Waals surface area contributed by atoms with Crippen molar-refractivity contribution in [3.63, 3.8) is 0 Å². The van der Waals surface area contributed by atoms with Gasteiger partial charge in [-0.15, -0.1) is 0 Å². The molecule has 0 bridgehead atoms. The number of amides is 2. The fraction of sp³-hybridized carbons (Fsp3) is 0.389. The molecule has 1 aromatic heterocycles. The fourth-order valence-corrected chi connectivity index (χ4v) is 3.18. The molecule has 2 heterocycles. The lowest BCUT2D eigenvalue weighted by atomic mass is 10.1. The Morgan fingerprint density at radius 1 is 1.11 bits per heavy atom. The predicted octanol–water partition coefficient (Wildman–Crippen LogP) is 2.54. The van der Waals surface area contributed by atoms with E-state index in [1.807, 2.05) is 0 Å². The van der Waals surface area contributed by atoms with Crippen LogP contribution in [-0.2, 0) is 18.3 Å². The number of alkyl halides is 2. The zero-order valence-corrected chi connectivity index (χ0v) is 15.5. The largest absolute Gasteiger partial charge is 0.339 e. The van der Waals surface area contributed by atoms with E-state index in [2.05, 4.69) is 5.10 Å². The van der Waals surface area contributed by atoms with Gasteiger partial charge in [-0.2, -0.15) is 5.10 Å². The van der Waals surface area contributed by atoms with Crippen molar-refractivity contribution >= 4 is 23.4 Å². The van der Waals surface area contributed by atoms with Gasteiger partial charge in [0.15, 0.2) is 0 Å². The number of hydrogen-bond donors (Lipinski definition) is 0. The van der Waals surface area contributed by atoms with Gasteiger partial charge < -0.3 is 9.80 Å². The quantitative estimate of drug-likeness (QED) is 0.798. The average molecular weight is 397 g/mol. The molecule has 1 aliphatic heterocycles. The first-order chi connectivity index (χ1) is 12.8. The third-order valence-corrected chi connectivity index (χ3v) is 4.73. The zero-order valence-electron chi connectivity index (χ0n) is 14.7. The molecule has 0 atom stereocenters. The maximum absolute atomic E-state index is 13.1. The number of hydrogen-bond acceptors (Lipinski definition) is 3. The van der Waals surface area contributed by atoms with Crippen molar-refractivity contribution in [1.29, 1.82) is 0 Å². The van der Waals surface area contributed by atoms with Crippen molar-refractivity contribution in [2.45, 2.75) is 12.8 Å². The van der Waals surface area contributed by atoms with Crippen LogP contribution in [0, 0.1) is 0 Å². The Labute approximate surface area is 160 Å². The van der Waals surface area contributed by atoms with E-state index in [1.54, 1.807) is 29.2 Å². The van der Waals surface area contributed by atoms with Gasteiger partial charge >= 0.3 is 0 Å². The molecular formula is C18H19ClF2N4O2.